The van der Waals surface area contributed by atoms with Crippen LogP contribution < -0.4 is 20.9 Å². The van der Waals surface area contributed by atoms with Crippen LogP contribution in [0.25, 0.3) is 0 Å². The van der Waals surface area contributed by atoms with E-state index < -0.39 is 0 Å². The molecule has 0 saturated carbocycles. The number of hydrogen-bond acceptors (Lipinski definition) is 4. The highest BCUT2D eigenvalue weighted by Gasteiger charge is 2.00. The van der Waals surface area contributed by atoms with Gasteiger partial charge in [0.05, 0.1) is 25.5 Å². The zero-order chi connectivity index (χ0) is 15.9. The van der Waals surface area contributed by atoms with Crippen LogP contribution in [-0.4, -0.2) is 14.2 Å². The molecule has 22 heavy (non-hydrogen) atoms. The van der Waals surface area contributed by atoms with E-state index in [0.29, 0.717) is 22.9 Å². The van der Waals surface area contributed by atoms with Crippen LogP contribution in [0.1, 0.15) is 11.1 Å². The molecule has 0 bridgehead atoms. The van der Waals surface area contributed by atoms with Crippen molar-refractivity contribution in [2.75, 3.05) is 25.7 Å². The highest BCUT2D eigenvalue weighted by Crippen LogP contribution is 2.21. The molecule has 0 heterocycles. The van der Waals surface area contributed by atoms with Crippen LogP contribution in [-0.2, 0) is 0 Å². The second-order valence-corrected chi connectivity index (χ2v) is 4.42. The van der Waals surface area contributed by atoms with E-state index in [1.54, 1.807) is 44.6 Å². The summed E-state index contributed by atoms with van der Waals surface area (Å²) in [5, 5.41) is 0. The summed E-state index contributed by atoms with van der Waals surface area (Å²) in [4.78, 5) is 0. The van der Waals surface area contributed by atoms with Gasteiger partial charge in [-0.3, -0.25) is 0 Å². The summed E-state index contributed by atoms with van der Waals surface area (Å²) in [6, 6.07) is 10.6. The van der Waals surface area contributed by atoms with Crippen LogP contribution in [0.2, 0.25) is 0 Å². The fourth-order valence-corrected chi connectivity index (χ4v) is 1.80. The molecule has 2 aromatic carbocycles. The lowest BCUT2D eigenvalue weighted by Crippen LogP contribution is -1.92. The molecule has 0 aliphatic heterocycles. The van der Waals surface area contributed by atoms with Crippen molar-refractivity contribution in [3.05, 3.63) is 47.5 Å². The van der Waals surface area contributed by atoms with Crippen molar-refractivity contribution in [3.8, 4) is 35.2 Å². The summed E-state index contributed by atoms with van der Waals surface area (Å²) in [5.41, 5.74) is 14.2. The SMILES string of the molecule is COc1cc(C#CC#Cc2ccc(N)cc2OC)ccc1N. The number of nitrogens with two attached hydrogens (primary N) is 2. The van der Waals surface area contributed by atoms with Gasteiger partial charge >= 0.3 is 0 Å². The first-order valence-electron chi connectivity index (χ1n) is 6.53. The fraction of sp³-hybridized carbons (Fsp3) is 0.111. The zero-order valence-corrected chi connectivity index (χ0v) is 12.4. The van der Waals surface area contributed by atoms with Crippen molar-refractivity contribution in [1.82, 2.24) is 0 Å². The third-order valence-electron chi connectivity index (χ3n) is 2.93. The van der Waals surface area contributed by atoms with E-state index >= 15 is 0 Å². The van der Waals surface area contributed by atoms with Gasteiger partial charge in [0.25, 0.3) is 0 Å². The lowest BCUT2D eigenvalue weighted by molar-refractivity contribution is 0.414. The molecule has 0 amide bonds. The largest absolute Gasteiger partial charge is 0.495 e. The Hall–Kier alpha value is -3.24. The first-order valence-corrected chi connectivity index (χ1v) is 6.53. The molecule has 2 aromatic rings. The first kappa shape index (κ1) is 15.2. The molecule has 0 aromatic heterocycles. The smallest absolute Gasteiger partial charge is 0.142 e. The van der Waals surface area contributed by atoms with Crippen molar-refractivity contribution in [2.24, 2.45) is 0 Å². The van der Waals surface area contributed by atoms with Gasteiger partial charge < -0.3 is 20.9 Å². The molecule has 4 nitrogen and oxygen atoms in total. The van der Waals surface area contributed by atoms with Gasteiger partial charge in [0.15, 0.2) is 0 Å². The fourth-order valence-electron chi connectivity index (χ4n) is 1.80. The minimum Gasteiger partial charge on any atom is -0.495 e. The third-order valence-corrected chi connectivity index (χ3v) is 2.93. The number of anilines is 2. The summed E-state index contributed by atoms with van der Waals surface area (Å²) < 4.78 is 10.4. The van der Waals surface area contributed by atoms with E-state index in [0.717, 1.165) is 11.1 Å². The lowest BCUT2D eigenvalue weighted by atomic mass is 10.2. The molecule has 0 fully saturated rings. The quantitative estimate of drug-likeness (QED) is 0.658. The number of benzene rings is 2. The summed E-state index contributed by atoms with van der Waals surface area (Å²) in [6.45, 7) is 0. The van der Waals surface area contributed by atoms with Crippen LogP contribution in [0, 0.1) is 23.7 Å². The second kappa shape index (κ2) is 6.97. The third kappa shape index (κ3) is 3.65. The van der Waals surface area contributed by atoms with Gasteiger partial charge in [-0.05, 0) is 48.1 Å². The van der Waals surface area contributed by atoms with E-state index in [9.17, 15) is 0 Å². The van der Waals surface area contributed by atoms with Crippen LogP contribution in [0.3, 0.4) is 0 Å². The minimum atomic E-state index is 0.575. The molecular weight excluding hydrogens is 276 g/mol. The Bertz CT molecular complexity index is 805. The van der Waals surface area contributed by atoms with Gasteiger partial charge in [-0.2, -0.15) is 0 Å². The van der Waals surface area contributed by atoms with E-state index in [-0.39, 0.29) is 0 Å². The molecule has 4 N–H and O–H groups in total. The lowest BCUT2D eigenvalue weighted by Gasteiger charge is -2.03. The monoisotopic (exact) mass is 292 g/mol. The van der Waals surface area contributed by atoms with Gasteiger partial charge in [0, 0.05) is 17.3 Å². The molecule has 4 heteroatoms. The van der Waals surface area contributed by atoms with Crippen molar-refractivity contribution in [2.45, 2.75) is 0 Å². The van der Waals surface area contributed by atoms with E-state index in [1.165, 1.54) is 0 Å². The Morgan fingerprint density at radius 2 is 1.55 bits per heavy atom. The molecule has 0 spiro atoms. The molecule has 0 radical (unpaired) electrons. The Labute approximate surface area is 130 Å². The normalized spacial score (nSPS) is 9.00. The zero-order valence-electron chi connectivity index (χ0n) is 12.4. The molecule has 0 saturated heterocycles. The Morgan fingerprint density at radius 1 is 0.818 bits per heavy atom. The van der Waals surface area contributed by atoms with Crippen molar-refractivity contribution >= 4 is 11.4 Å². The van der Waals surface area contributed by atoms with Crippen LogP contribution in [0.5, 0.6) is 11.5 Å². The van der Waals surface area contributed by atoms with Crippen molar-refractivity contribution in [3.63, 3.8) is 0 Å². The number of hydrogen-bond donors (Lipinski definition) is 2. The topological polar surface area (TPSA) is 70.5 Å². The summed E-state index contributed by atoms with van der Waals surface area (Å²) in [6.07, 6.45) is 0. The molecule has 110 valence electrons. The van der Waals surface area contributed by atoms with Crippen LogP contribution in [0.15, 0.2) is 36.4 Å². The van der Waals surface area contributed by atoms with Crippen LogP contribution >= 0.6 is 0 Å². The predicted octanol–water partition coefficient (Wildman–Crippen LogP) is 2.27. The summed E-state index contributed by atoms with van der Waals surface area (Å²) in [5.74, 6) is 12.7. The molecular formula is C18H16N2O2. The number of nitrogen functional groups attached to an aromatic ring is 2. The number of methoxy groups -OCH3 is 2. The summed E-state index contributed by atoms with van der Waals surface area (Å²) >= 11 is 0. The van der Waals surface area contributed by atoms with Gasteiger partial charge in [0.2, 0.25) is 0 Å². The predicted molar refractivity (Wildman–Crippen MR) is 88.6 cm³/mol. The van der Waals surface area contributed by atoms with E-state index in [1.807, 2.05) is 6.07 Å². The number of ether oxygens (including phenoxy) is 2. The average molecular weight is 292 g/mol. The molecule has 0 unspecified atom stereocenters. The minimum absolute atomic E-state index is 0.575. The Balaban J connectivity index is 2.22. The van der Waals surface area contributed by atoms with Gasteiger partial charge in [-0.15, -0.1) is 0 Å². The maximum absolute atomic E-state index is 5.75. The highest BCUT2D eigenvalue weighted by atomic mass is 16.5. The van der Waals surface area contributed by atoms with Crippen molar-refractivity contribution < 1.29 is 9.47 Å². The average Bonchev–Trinajstić information content (AvgIpc) is 2.53. The Morgan fingerprint density at radius 3 is 2.27 bits per heavy atom. The van der Waals surface area contributed by atoms with Crippen molar-refractivity contribution in [1.29, 1.82) is 0 Å². The second-order valence-electron chi connectivity index (χ2n) is 4.42. The van der Waals surface area contributed by atoms with Gasteiger partial charge in [-0.1, -0.05) is 5.92 Å². The maximum atomic E-state index is 5.75. The number of rotatable bonds is 2. The molecule has 2 rings (SSSR count). The van der Waals surface area contributed by atoms with Gasteiger partial charge in [0.1, 0.15) is 11.5 Å². The van der Waals surface area contributed by atoms with Crippen LogP contribution in [0.4, 0.5) is 11.4 Å². The maximum Gasteiger partial charge on any atom is 0.142 e. The Kier molecular flexibility index (Phi) is 4.80. The first-order chi connectivity index (χ1) is 10.6. The van der Waals surface area contributed by atoms with E-state index in [2.05, 4.69) is 23.7 Å². The summed E-state index contributed by atoms with van der Waals surface area (Å²) in [7, 11) is 3.14. The molecule has 0 atom stereocenters. The van der Waals surface area contributed by atoms with E-state index in [4.69, 9.17) is 20.9 Å². The molecule has 0 aliphatic carbocycles. The standard InChI is InChI=1S/C18H16N2O2/c1-21-17-12-15(19)9-8-14(17)6-4-3-5-13-7-10-16(20)18(11-13)22-2/h7-12H,19-20H2,1-2H3. The van der Waals surface area contributed by atoms with Gasteiger partial charge in [-0.25, -0.2) is 0 Å². The molecule has 0 aliphatic rings. The highest BCUT2D eigenvalue weighted by molar-refractivity contribution is 5.58.